The van der Waals surface area contributed by atoms with Crippen LogP contribution >= 0.6 is 0 Å². The van der Waals surface area contributed by atoms with Gasteiger partial charge in [0.15, 0.2) is 0 Å². The van der Waals surface area contributed by atoms with Gasteiger partial charge in [-0.3, -0.25) is 0 Å². The van der Waals surface area contributed by atoms with Crippen LogP contribution in [0.3, 0.4) is 0 Å². The Bertz CT molecular complexity index is 312. The van der Waals surface area contributed by atoms with Crippen LogP contribution in [0.15, 0.2) is 12.2 Å². The van der Waals surface area contributed by atoms with Crippen LogP contribution in [0.25, 0.3) is 0 Å². The molecular formula is C26H54N+. The highest BCUT2D eigenvalue weighted by molar-refractivity contribution is 4.88. The first-order valence-corrected chi connectivity index (χ1v) is 12.6. The summed E-state index contributed by atoms with van der Waals surface area (Å²) in [6.07, 6.45) is 22.7. The lowest BCUT2D eigenvalue weighted by molar-refractivity contribution is -0.924. The van der Waals surface area contributed by atoms with Crippen molar-refractivity contribution >= 4 is 0 Å². The average Bonchev–Trinajstić information content (AvgIpc) is 2.65. The molecule has 0 heterocycles. The lowest BCUT2D eigenvalue weighted by Crippen LogP contribution is -2.51. The quantitative estimate of drug-likeness (QED) is 0.106. The Hall–Kier alpha value is -0.300. The average molecular weight is 381 g/mol. The zero-order valence-electron chi connectivity index (χ0n) is 19.8. The molecular weight excluding hydrogens is 326 g/mol. The van der Waals surface area contributed by atoms with Crippen molar-refractivity contribution in [1.29, 1.82) is 0 Å². The van der Waals surface area contributed by atoms with Crippen LogP contribution in [0.4, 0.5) is 0 Å². The van der Waals surface area contributed by atoms with Crippen LogP contribution in [-0.4, -0.2) is 30.7 Å². The van der Waals surface area contributed by atoms with Gasteiger partial charge in [0.05, 0.1) is 26.2 Å². The molecule has 0 spiro atoms. The Kier molecular flexibility index (Phi) is 18.8. The predicted octanol–water partition coefficient (Wildman–Crippen LogP) is 8.68. The summed E-state index contributed by atoms with van der Waals surface area (Å²) in [5.74, 6) is 0. The molecule has 1 nitrogen and oxygen atoms in total. The second kappa shape index (κ2) is 19.0. The lowest BCUT2D eigenvalue weighted by Gasteiger charge is -2.39. The first-order chi connectivity index (χ1) is 13.1. The minimum atomic E-state index is 1.21. The van der Waals surface area contributed by atoms with Gasteiger partial charge in [0.25, 0.3) is 0 Å². The van der Waals surface area contributed by atoms with E-state index >= 15 is 0 Å². The Balaban J connectivity index is 3.95. The summed E-state index contributed by atoms with van der Waals surface area (Å²) < 4.78 is 1.31. The molecule has 0 aliphatic carbocycles. The molecule has 0 amide bonds. The molecule has 0 aliphatic heterocycles. The summed E-state index contributed by atoms with van der Waals surface area (Å²) in [6.45, 7) is 18.8. The van der Waals surface area contributed by atoms with Crippen LogP contribution in [0.1, 0.15) is 130 Å². The van der Waals surface area contributed by atoms with Crippen LogP contribution < -0.4 is 0 Å². The zero-order chi connectivity index (χ0) is 20.2. The minimum absolute atomic E-state index is 1.21. The van der Waals surface area contributed by atoms with Crippen molar-refractivity contribution in [2.45, 2.75) is 130 Å². The normalized spacial score (nSPS) is 11.9. The third-order valence-electron chi connectivity index (χ3n) is 6.06. The van der Waals surface area contributed by atoms with Gasteiger partial charge in [-0.1, -0.05) is 104 Å². The lowest BCUT2D eigenvalue weighted by atomic mass is 10.0. The van der Waals surface area contributed by atoms with Gasteiger partial charge in [-0.15, -0.1) is 0 Å². The minimum Gasteiger partial charge on any atom is -0.320 e. The highest BCUT2D eigenvalue weighted by atomic mass is 15.3. The second-order valence-electron chi connectivity index (χ2n) is 9.22. The molecule has 0 radical (unpaired) electrons. The highest BCUT2D eigenvalue weighted by Crippen LogP contribution is 2.18. The van der Waals surface area contributed by atoms with E-state index in [1.165, 1.54) is 139 Å². The molecule has 0 aromatic carbocycles. The van der Waals surface area contributed by atoms with Crippen LogP contribution in [0, 0.1) is 0 Å². The smallest absolute Gasteiger partial charge is 0.0998 e. The van der Waals surface area contributed by atoms with E-state index in [2.05, 4.69) is 34.3 Å². The Morgan fingerprint density at radius 2 is 0.852 bits per heavy atom. The number of rotatable bonds is 21. The molecule has 1 heteroatoms. The maximum absolute atomic E-state index is 4.25. The third kappa shape index (κ3) is 16.4. The fourth-order valence-electron chi connectivity index (χ4n) is 4.42. The van der Waals surface area contributed by atoms with Crippen molar-refractivity contribution in [3.63, 3.8) is 0 Å². The summed E-state index contributed by atoms with van der Waals surface area (Å²) in [6, 6.07) is 0. The van der Waals surface area contributed by atoms with Crippen molar-refractivity contribution < 1.29 is 4.48 Å². The molecule has 0 saturated carbocycles. The van der Waals surface area contributed by atoms with E-state index in [0.717, 1.165) is 0 Å². The number of nitrogens with zero attached hydrogens (tertiary/aromatic N) is 1. The van der Waals surface area contributed by atoms with Crippen LogP contribution in [-0.2, 0) is 0 Å². The van der Waals surface area contributed by atoms with E-state index in [9.17, 15) is 0 Å². The first-order valence-electron chi connectivity index (χ1n) is 12.6. The maximum Gasteiger partial charge on any atom is 0.0998 e. The fourth-order valence-corrected chi connectivity index (χ4v) is 4.42. The Morgan fingerprint density at radius 1 is 0.519 bits per heavy atom. The van der Waals surface area contributed by atoms with E-state index in [-0.39, 0.29) is 0 Å². The van der Waals surface area contributed by atoms with Crippen molar-refractivity contribution in [2.24, 2.45) is 0 Å². The standard InChI is InChI=1S/C26H54N/c1-6-9-12-13-14-15-16-17-18-19-20-21-24-27(22-10-7-2,23-11-8-3)25-26(4)5/h4,6-25H2,1-3,5H3/q+1. The monoisotopic (exact) mass is 380 g/mol. The van der Waals surface area contributed by atoms with E-state index < -0.39 is 0 Å². The largest absolute Gasteiger partial charge is 0.320 e. The summed E-state index contributed by atoms with van der Waals surface area (Å²) in [7, 11) is 0. The molecule has 0 aliphatic rings. The molecule has 0 unspecified atom stereocenters. The third-order valence-corrected chi connectivity index (χ3v) is 6.06. The van der Waals surface area contributed by atoms with Crippen molar-refractivity contribution in [3.05, 3.63) is 12.2 Å². The Morgan fingerprint density at radius 3 is 1.22 bits per heavy atom. The molecule has 27 heavy (non-hydrogen) atoms. The molecule has 0 aromatic rings. The SMILES string of the molecule is C=C(C)C[N+](CCCC)(CCCC)CCCCCCCCCCCCCC. The van der Waals surface area contributed by atoms with Crippen molar-refractivity contribution in [3.8, 4) is 0 Å². The first kappa shape index (κ1) is 26.7. The summed E-state index contributed by atoms with van der Waals surface area (Å²) in [5.41, 5.74) is 1.38. The van der Waals surface area contributed by atoms with Crippen molar-refractivity contribution in [1.82, 2.24) is 0 Å². The van der Waals surface area contributed by atoms with Gasteiger partial charge < -0.3 is 4.48 Å². The molecule has 0 atom stereocenters. The second-order valence-corrected chi connectivity index (χ2v) is 9.22. The Labute approximate surface area is 173 Å². The number of unbranched alkanes of at least 4 members (excludes halogenated alkanes) is 13. The highest BCUT2D eigenvalue weighted by Gasteiger charge is 2.25. The van der Waals surface area contributed by atoms with Gasteiger partial charge >= 0.3 is 0 Å². The summed E-state index contributed by atoms with van der Waals surface area (Å²) in [4.78, 5) is 0. The zero-order valence-corrected chi connectivity index (χ0v) is 19.8. The molecule has 0 aromatic heterocycles. The number of quaternary nitrogens is 1. The van der Waals surface area contributed by atoms with E-state index in [1.54, 1.807) is 0 Å². The van der Waals surface area contributed by atoms with Gasteiger partial charge in [0.1, 0.15) is 0 Å². The van der Waals surface area contributed by atoms with E-state index in [0.29, 0.717) is 0 Å². The molecule has 162 valence electrons. The predicted molar refractivity (Wildman–Crippen MR) is 125 cm³/mol. The number of hydrogen-bond donors (Lipinski definition) is 0. The molecule has 0 rings (SSSR count). The summed E-state index contributed by atoms with van der Waals surface area (Å²) >= 11 is 0. The maximum atomic E-state index is 4.25. The summed E-state index contributed by atoms with van der Waals surface area (Å²) in [5, 5.41) is 0. The van der Waals surface area contributed by atoms with E-state index in [4.69, 9.17) is 0 Å². The van der Waals surface area contributed by atoms with Gasteiger partial charge in [-0.05, 0) is 38.2 Å². The fraction of sp³-hybridized carbons (Fsp3) is 0.923. The molecule has 0 saturated heterocycles. The van der Waals surface area contributed by atoms with Crippen LogP contribution in [0.2, 0.25) is 0 Å². The topological polar surface area (TPSA) is 0 Å². The van der Waals surface area contributed by atoms with E-state index in [1.807, 2.05) is 0 Å². The van der Waals surface area contributed by atoms with Gasteiger partial charge in [-0.2, -0.15) is 0 Å². The molecule has 0 bridgehead atoms. The van der Waals surface area contributed by atoms with Gasteiger partial charge in [0, 0.05) is 0 Å². The van der Waals surface area contributed by atoms with Gasteiger partial charge in [-0.25, -0.2) is 0 Å². The van der Waals surface area contributed by atoms with Gasteiger partial charge in [0.2, 0.25) is 0 Å². The molecule has 0 fully saturated rings. The van der Waals surface area contributed by atoms with Crippen molar-refractivity contribution in [2.75, 3.05) is 26.2 Å². The van der Waals surface area contributed by atoms with Crippen LogP contribution in [0.5, 0.6) is 0 Å². The number of hydrogen-bond acceptors (Lipinski definition) is 0. The molecule has 0 N–H and O–H groups in total.